The topological polar surface area (TPSA) is 18.5 Å². The number of methoxy groups -OCH3 is 1. The SMILES string of the molecule is COC1=CCC(O[Si](C)(C)C(C)(C)C)=CC1. The number of ether oxygens (including phenoxy) is 1. The molecule has 0 unspecified atom stereocenters. The van der Waals surface area contributed by atoms with Crippen molar-refractivity contribution in [1.29, 1.82) is 0 Å². The van der Waals surface area contributed by atoms with Gasteiger partial charge in [0.2, 0.25) is 8.32 Å². The molecule has 0 amide bonds. The normalized spacial score (nSPS) is 17.6. The van der Waals surface area contributed by atoms with Crippen LogP contribution in [0, 0.1) is 0 Å². The summed E-state index contributed by atoms with van der Waals surface area (Å²) in [6.45, 7) is 11.4. The summed E-state index contributed by atoms with van der Waals surface area (Å²) < 4.78 is 11.4. The van der Waals surface area contributed by atoms with E-state index < -0.39 is 8.32 Å². The van der Waals surface area contributed by atoms with Gasteiger partial charge < -0.3 is 9.16 Å². The van der Waals surface area contributed by atoms with Gasteiger partial charge in [0.15, 0.2) is 0 Å². The Kier molecular flexibility index (Phi) is 3.89. The van der Waals surface area contributed by atoms with Gasteiger partial charge in [-0.3, -0.25) is 0 Å². The van der Waals surface area contributed by atoms with Crippen LogP contribution in [0.4, 0.5) is 0 Å². The van der Waals surface area contributed by atoms with Crippen molar-refractivity contribution >= 4 is 8.32 Å². The Balaban J connectivity index is 2.61. The van der Waals surface area contributed by atoms with Gasteiger partial charge in [0.25, 0.3) is 0 Å². The molecule has 0 spiro atoms. The minimum atomic E-state index is -1.66. The van der Waals surface area contributed by atoms with Crippen molar-refractivity contribution in [2.24, 2.45) is 0 Å². The molecule has 0 aromatic carbocycles. The first-order valence-corrected chi connectivity index (χ1v) is 8.78. The molecule has 0 aromatic rings. The number of hydrogen-bond donors (Lipinski definition) is 0. The first kappa shape index (κ1) is 13.4. The number of allylic oxidation sites excluding steroid dienone is 2. The van der Waals surface area contributed by atoms with Crippen LogP contribution < -0.4 is 0 Å². The second kappa shape index (κ2) is 4.66. The van der Waals surface area contributed by atoms with Crippen LogP contribution in [0.25, 0.3) is 0 Å². The summed E-state index contributed by atoms with van der Waals surface area (Å²) >= 11 is 0. The fraction of sp³-hybridized carbons (Fsp3) is 0.692. The molecule has 0 aliphatic heterocycles. The van der Waals surface area contributed by atoms with E-state index in [0.29, 0.717) is 0 Å². The summed E-state index contributed by atoms with van der Waals surface area (Å²) in [7, 11) is 0.0587. The Hall–Kier alpha value is -0.703. The summed E-state index contributed by atoms with van der Waals surface area (Å²) in [5.74, 6) is 2.16. The molecule has 0 heterocycles. The summed E-state index contributed by atoms with van der Waals surface area (Å²) in [5, 5.41) is 0.263. The predicted octanol–water partition coefficient (Wildman–Crippen LogP) is 4.22. The molecule has 92 valence electrons. The van der Waals surface area contributed by atoms with Crippen molar-refractivity contribution in [2.45, 2.75) is 51.7 Å². The molecule has 0 saturated carbocycles. The highest BCUT2D eigenvalue weighted by Crippen LogP contribution is 2.38. The highest BCUT2D eigenvalue weighted by atomic mass is 28.4. The first-order chi connectivity index (χ1) is 7.26. The van der Waals surface area contributed by atoms with E-state index >= 15 is 0 Å². The third-order valence-electron chi connectivity index (χ3n) is 3.52. The Bertz CT molecular complexity index is 308. The van der Waals surface area contributed by atoms with E-state index in [2.05, 4.69) is 46.0 Å². The average molecular weight is 240 g/mol. The summed E-state index contributed by atoms with van der Waals surface area (Å²) in [6.07, 6.45) is 6.00. The van der Waals surface area contributed by atoms with Crippen LogP contribution in [0.15, 0.2) is 23.7 Å². The second-order valence-corrected chi connectivity index (χ2v) is 10.5. The van der Waals surface area contributed by atoms with Gasteiger partial charge in [-0.15, -0.1) is 0 Å². The molecule has 0 bridgehead atoms. The van der Waals surface area contributed by atoms with Crippen LogP contribution in [0.5, 0.6) is 0 Å². The van der Waals surface area contributed by atoms with Crippen LogP contribution in [0.3, 0.4) is 0 Å². The molecule has 1 rings (SSSR count). The third kappa shape index (κ3) is 3.14. The lowest BCUT2D eigenvalue weighted by molar-refractivity contribution is 0.276. The van der Waals surface area contributed by atoms with Gasteiger partial charge in [-0.2, -0.15) is 0 Å². The lowest BCUT2D eigenvalue weighted by Crippen LogP contribution is -2.40. The zero-order chi connectivity index (χ0) is 12.4. The van der Waals surface area contributed by atoms with E-state index in [1.54, 1.807) is 7.11 Å². The van der Waals surface area contributed by atoms with Gasteiger partial charge in [0.05, 0.1) is 18.6 Å². The average Bonchev–Trinajstić information content (AvgIpc) is 2.16. The van der Waals surface area contributed by atoms with Gasteiger partial charge in [-0.1, -0.05) is 20.8 Å². The van der Waals surface area contributed by atoms with Crippen LogP contribution in [-0.2, 0) is 9.16 Å². The monoisotopic (exact) mass is 240 g/mol. The van der Waals surface area contributed by atoms with E-state index in [4.69, 9.17) is 9.16 Å². The Labute approximate surface area is 100 Å². The van der Waals surface area contributed by atoms with Crippen LogP contribution >= 0.6 is 0 Å². The van der Waals surface area contributed by atoms with Gasteiger partial charge in [0, 0.05) is 12.8 Å². The zero-order valence-electron chi connectivity index (χ0n) is 11.4. The largest absolute Gasteiger partial charge is 0.547 e. The van der Waals surface area contributed by atoms with Crippen molar-refractivity contribution < 1.29 is 9.16 Å². The maximum Gasteiger partial charge on any atom is 0.250 e. The molecular weight excluding hydrogens is 216 g/mol. The standard InChI is InChI=1S/C13H24O2Si/c1-13(2,3)16(5,6)15-12-9-7-11(14-4)8-10-12/h7,10H,8-9H2,1-6H3. The van der Waals surface area contributed by atoms with Gasteiger partial charge >= 0.3 is 0 Å². The molecular formula is C13H24O2Si. The van der Waals surface area contributed by atoms with Crippen LogP contribution in [0.1, 0.15) is 33.6 Å². The van der Waals surface area contributed by atoms with E-state index in [0.717, 1.165) is 24.4 Å². The fourth-order valence-electron chi connectivity index (χ4n) is 1.33. The van der Waals surface area contributed by atoms with Crippen molar-refractivity contribution in [3.8, 4) is 0 Å². The minimum absolute atomic E-state index is 0.263. The van der Waals surface area contributed by atoms with Crippen LogP contribution in [-0.4, -0.2) is 15.4 Å². The maximum absolute atomic E-state index is 6.24. The molecule has 2 nitrogen and oxygen atoms in total. The molecule has 3 heteroatoms. The summed E-state index contributed by atoms with van der Waals surface area (Å²) in [5.41, 5.74) is 0. The van der Waals surface area contributed by atoms with Crippen LogP contribution in [0.2, 0.25) is 18.1 Å². The maximum atomic E-state index is 6.24. The van der Waals surface area contributed by atoms with Crippen molar-refractivity contribution in [1.82, 2.24) is 0 Å². The van der Waals surface area contributed by atoms with Gasteiger partial charge in [-0.25, -0.2) is 0 Å². The third-order valence-corrected chi connectivity index (χ3v) is 7.90. The Morgan fingerprint density at radius 1 is 1.06 bits per heavy atom. The zero-order valence-corrected chi connectivity index (χ0v) is 12.4. The van der Waals surface area contributed by atoms with E-state index in [-0.39, 0.29) is 5.04 Å². The molecule has 16 heavy (non-hydrogen) atoms. The fourth-order valence-corrected chi connectivity index (χ4v) is 2.45. The van der Waals surface area contributed by atoms with Gasteiger partial charge in [0.1, 0.15) is 0 Å². The smallest absolute Gasteiger partial charge is 0.250 e. The molecule has 0 aromatic heterocycles. The summed E-state index contributed by atoms with van der Waals surface area (Å²) in [6, 6.07) is 0. The van der Waals surface area contributed by atoms with E-state index in [1.807, 2.05) is 0 Å². The lowest BCUT2D eigenvalue weighted by atomic mass is 10.1. The highest BCUT2D eigenvalue weighted by molar-refractivity contribution is 6.74. The number of rotatable bonds is 3. The first-order valence-electron chi connectivity index (χ1n) is 5.87. The molecule has 0 radical (unpaired) electrons. The molecule has 1 aliphatic rings. The summed E-state index contributed by atoms with van der Waals surface area (Å²) in [4.78, 5) is 0. The minimum Gasteiger partial charge on any atom is -0.547 e. The van der Waals surface area contributed by atoms with Crippen molar-refractivity contribution in [3.63, 3.8) is 0 Å². The lowest BCUT2D eigenvalue weighted by Gasteiger charge is -2.37. The highest BCUT2D eigenvalue weighted by Gasteiger charge is 2.39. The van der Waals surface area contributed by atoms with E-state index in [1.165, 1.54) is 0 Å². The molecule has 1 aliphatic carbocycles. The van der Waals surface area contributed by atoms with Gasteiger partial charge in [-0.05, 0) is 30.3 Å². The molecule has 0 fully saturated rings. The van der Waals surface area contributed by atoms with E-state index in [9.17, 15) is 0 Å². The van der Waals surface area contributed by atoms with Crippen molar-refractivity contribution in [2.75, 3.05) is 7.11 Å². The Morgan fingerprint density at radius 3 is 1.94 bits per heavy atom. The quantitative estimate of drug-likeness (QED) is 0.688. The Morgan fingerprint density at radius 2 is 1.56 bits per heavy atom. The second-order valence-electron chi connectivity index (χ2n) is 5.82. The van der Waals surface area contributed by atoms with Crippen molar-refractivity contribution in [3.05, 3.63) is 23.7 Å². The molecule has 0 N–H and O–H groups in total. The predicted molar refractivity (Wildman–Crippen MR) is 70.7 cm³/mol. The number of hydrogen-bond acceptors (Lipinski definition) is 2. The molecule has 0 saturated heterocycles. The molecule has 0 atom stereocenters.